The number of anilines is 2. The summed E-state index contributed by atoms with van der Waals surface area (Å²) in [6, 6.07) is 6.13. The van der Waals surface area contributed by atoms with Gasteiger partial charge in [-0.15, -0.1) is 0 Å². The first-order valence-electron chi connectivity index (χ1n) is 6.10. The van der Waals surface area contributed by atoms with Gasteiger partial charge in [0.15, 0.2) is 0 Å². The van der Waals surface area contributed by atoms with Gasteiger partial charge in [0.2, 0.25) is 6.41 Å². The molecule has 0 heterocycles. The number of carbonyl (C=O) groups is 1. The van der Waals surface area contributed by atoms with Crippen LogP contribution in [0.5, 0.6) is 0 Å². The molecule has 0 aliphatic rings. The second kappa shape index (κ2) is 7.71. The molecular weight excluding hydrogens is 212 g/mol. The van der Waals surface area contributed by atoms with E-state index in [-0.39, 0.29) is 0 Å². The van der Waals surface area contributed by atoms with Gasteiger partial charge in [-0.1, -0.05) is 33.8 Å². The second-order valence-electron chi connectivity index (χ2n) is 3.90. The van der Waals surface area contributed by atoms with Gasteiger partial charge >= 0.3 is 0 Å². The van der Waals surface area contributed by atoms with Gasteiger partial charge in [-0.05, 0) is 23.6 Å². The summed E-state index contributed by atoms with van der Waals surface area (Å²) < 4.78 is 0. The lowest BCUT2D eigenvalue weighted by molar-refractivity contribution is -0.107. The van der Waals surface area contributed by atoms with Crippen LogP contribution in [-0.2, 0) is 4.79 Å². The Morgan fingerprint density at radius 1 is 1.29 bits per heavy atom. The molecule has 0 saturated carbocycles. The van der Waals surface area contributed by atoms with Crippen molar-refractivity contribution < 1.29 is 4.79 Å². The highest BCUT2D eigenvalue weighted by Gasteiger charge is 2.08. The minimum atomic E-state index is 0.467. The maximum Gasteiger partial charge on any atom is 0.213 e. The second-order valence-corrected chi connectivity index (χ2v) is 3.90. The standard InChI is InChI=1S/C12H18N2O.C2H6/c1-9(2)10-5-6-11(13-3)12(7-10)14(4)8-15;1-2/h5-9,13H,1-4H3;1-2H3. The average molecular weight is 236 g/mol. The first kappa shape index (κ1) is 15.5. The topological polar surface area (TPSA) is 32.3 Å². The third-order valence-corrected chi connectivity index (χ3v) is 2.50. The van der Waals surface area contributed by atoms with E-state index in [0.29, 0.717) is 5.92 Å². The number of benzene rings is 1. The molecule has 0 saturated heterocycles. The quantitative estimate of drug-likeness (QED) is 0.812. The number of nitrogens with zero attached hydrogens (tertiary/aromatic N) is 1. The maximum absolute atomic E-state index is 10.8. The van der Waals surface area contributed by atoms with Crippen LogP contribution in [0.4, 0.5) is 11.4 Å². The SMILES string of the molecule is CC.CNc1ccc(C(C)C)cc1N(C)C=O. The molecule has 0 aromatic heterocycles. The Morgan fingerprint density at radius 3 is 2.29 bits per heavy atom. The summed E-state index contributed by atoms with van der Waals surface area (Å²) in [4.78, 5) is 12.3. The van der Waals surface area contributed by atoms with Crippen LogP contribution in [0, 0.1) is 0 Å². The fourth-order valence-corrected chi connectivity index (χ4v) is 1.47. The summed E-state index contributed by atoms with van der Waals surface area (Å²) in [6.45, 7) is 8.28. The van der Waals surface area contributed by atoms with Crippen molar-refractivity contribution in [2.75, 3.05) is 24.3 Å². The number of rotatable bonds is 4. The summed E-state index contributed by atoms with van der Waals surface area (Å²) in [7, 11) is 3.61. The molecule has 1 amide bonds. The van der Waals surface area contributed by atoms with Crippen molar-refractivity contribution in [1.82, 2.24) is 0 Å². The molecule has 0 fully saturated rings. The molecule has 0 radical (unpaired) electrons. The molecule has 0 aliphatic carbocycles. The number of hydrogen-bond acceptors (Lipinski definition) is 2. The van der Waals surface area contributed by atoms with Crippen LogP contribution < -0.4 is 10.2 Å². The number of amides is 1. The van der Waals surface area contributed by atoms with Crippen LogP contribution in [-0.4, -0.2) is 20.5 Å². The predicted molar refractivity (Wildman–Crippen MR) is 75.9 cm³/mol. The Balaban J connectivity index is 0.00000121. The van der Waals surface area contributed by atoms with Crippen molar-refractivity contribution in [3.63, 3.8) is 0 Å². The van der Waals surface area contributed by atoms with Crippen LogP contribution >= 0.6 is 0 Å². The van der Waals surface area contributed by atoms with Crippen LogP contribution in [0.15, 0.2) is 18.2 Å². The Labute approximate surface area is 105 Å². The van der Waals surface area contributed by atoms with Crippen molar-refractivity contribution in [2.45, 2.75) is 33.6 Å². The highest BCUT2D eigenvalue weighted by molar-refractivity contribution is 5.83. The molecule has 1 aromatic rings. The van der Waals surface area contributed by atoms with E-state index in [4.69, 9.17) is 0 Å². The van der Waals surface area contributed by atoms with E-state index in [1.54, 1.807) is 11.9 Å². The summed E-state index contributed by atoms with van der Waals surface area (Å²) in [6.07, 6.45) is 0.820. The van der Waals surface area contributed by atoms with Crippen molar-refractivity contribution in [1.29, 1.82) is 0 Å². The Kier molecular flexibility index (Phi) is 7.03. The molecule has 1 N–H and O–H groups in total. The average Bonchev–Trinajstić information content (AvgIpc) is 2.39. The lowest BCUT2D eigenvalue weighted by atomic mass is 10.0. The third kappa shape index (κ3) is 4.10. The zero-order valence-electron chi connectivity index (χ0n) is 11.7. The maximum atomic E-state index is 10.8. The van der Waals surface area contributed by atoms with Gasteiger partial charge in [0.05, 0.1) is 11.4 Å². The van der Waals surface area contributed by atoms with Gasteiger partial charge in [-0.3, -0.25) is 4.79 Å². The summed E-state index contributed by atoms with van der Waals surface area (Å²) in [5.41, 5.74) is 3.12. The molecule has 3 heteroatoms. The van der Waals surface area contributed by atoms with E-state index < -0.39 is 0 Å². The van der Waals surface area contributed by atoms with E-state index in [1.165, 1.54) is 5.56 Å². The fourth-order valence-electron chi connectivity index (χ4n) is 1.47. The fraction of sp³-hybridized carbons (Fsp3) is 0.500. The molecule has 0 bridgehead atoms. The van der Waals surface area contributed by atoms with Crippen LogP contribution in [0.25, 0.3) is 0 Å². The number of hydrogen-bond donors (Lipinski definition) is 1. The Morgan fingerprint density at radius 2 is 1.88 bits per heavy atom. The van der Waals surface area contributed by atoms with Crippen LogP contribution in [0.3, 0.4) is 0 Å². The smallest absolute Gasteiger partial charge is 0.213 e. The van der Waals surface area contributed by atoms with Gasteiger partial charge in [-0.25, -0.2) is 0 Å². The lowest BCUT2D eigenvalue weighted by Crippen LogP contribution is -2.15. The van der Waals surface area contributed by atoms with Crippen molar-refractivity contribution in [3.05, 3.63) is 23.8 Å². The molecule has 1 rings (SSSR count). The van der Waals surface area contributed by atoms with E-state index in [2.05, 4.69) is 25.2 Å². The zero-order chi connectivity index (χ0) is 13.4. The molecule has 3 nitrogen and oxygen atoms in total. The molecule has 1 aromatic carbocycles. The van der Waals surface area contributed by atoms with Gasteiger partial charge < -0.3 is 10.2 Å². The minimum Gasteiger partial charge on any atom is -0.386 e. The van der Waals surface area contributed by atoms with Crippen molar-refractivity contribution in [3.8, 4) is 0 Å². The van der Waals surface area contributed by atoms with E-state index in [9.17, 15) is 4.79 Å². The van der Waals surface area contributed by atoms with Crippen LogP contribution in [0.1, 0.15) is 39.2 Å². The Hall–Kier alpha value is -1.51. The molecule has 0 aliphatic heterocycles. The van der Waals surface area contributed by atoms with E-state index in [1.807, 2.05) is 33.0 Å². The van der Waals surface area contributed by atoms with Gasteiger partial charge in [0.25, 0.3) is 0 Å². The Bertz CT molecular complexity index is 348. The number of nitrogens with one attached hydrogen (secondary N) is 1. The third-order valence-electron chi connectivity index (χ3n) is 2.50. The number of carbonyl (C=O) groups excluding carboxylic acids is 1. The minimum absolute atomic E-state index is 0.467. The van der Waals surface area contributed by atoms with E-state index >= 15 is 0 Å². The summed E-state index contributed by atoms with van der Waals surface area (Å²) >= 11 is 0. The highest BCUT2D eigenvalue weighted by Crippen LogP contribution is 2.28. The van der Waals surface area contributed by atoms with Gasteiger partial charge in [-0.2, -0.15) is 0 Å². The molecule has 0 atom stereocenters. The molecule has 17 heavy (non-hydrogen) atoms. The summed E-state index contributed by atoms with van der Waals surface area (Å²) in [5, 5.41) is 3.08. The lowest BCUT2D eigenvalue weighted by Gasteiger charge is -2.18. The van der Waals surface area contributed by atoms with Crippen LogP contribution in [0.2, 0.25) is 0 Å². The zero-order valence-corrected chi connectivity index (χ0v) is 11.7. The highest BCUT2D eigenvalue weighted by atomic mass is 16.1. The van der Waals surface area contributed by atoms with Gasteiger partial charge in [0.1, 0.15) is 0 Å². The summed E-state index contributed by atoms with van der Waals surface area (Å²) in [5.74, 6) is 0.467. The normalized spacial score (nSPS) is 9.35. The molecule has 96 valence electrons. The van der Waals surface area contributed by atoms with Crippen molar-refractivity contribution >= 4 is 17.8 Å². The first-order chi connectivity index (χ1) is 8.10. The predicted octanol–water partition coefficient (Wildman–Crippen LogP) is 3.47. The van der Waals surface area contributed by atoms with Gasteiger partial charge in [0, 0.05) is 14.1 Å². The monoisotopic (exact) mass is 236 g/mol. The first-order valence-corrected chi connectivity index (χ1v) is 6.10. The molecule has 0 spiro atoms. The van der Waals surface area contributed by atoms with E-state index in [0.717, 1.165) is 17.8 Å². The molecule has 0 unspecified atom stereocenters. The molecular formula is C14H24N2O. The van der Waals surface area contributed by atoms with Crippen molar-refractivity contribution in [2.24, 2.45) is 0 Å². The largest absolute Gasteiger partial charge is 0.386 e.